The monoisotopic (exact) mass is 436 g/mol. The zero-order valence-corrected chi connectivity index (χ0v) is 18.9. The molecule has 1 amide bonds. The van der Waals surface area contributed by atoms with Crippen LogP contribution < -0.4 is 5.32 Å². The van der Waals surface area contributed by atoms with Gasteiger partial charge in [-0.15, -0.1) is 0 Å². The van der Waals surface area contributed by atoms with Gasteiger partial charge >= 0.3 is 0 Å². The van der Waals surface area contributed by atoms with Crippen molar-refractivity contribution in [3.05, 3.63) is 101 Å². The van der Waals surface area contributed by atoms with Crippen molar-refractivity contribution in [2.45, 2.75) is 38.8 Å². The molecule has 162 valence electrons. The molecular formula is C25H28N2O3S. The Morgan fingerprint density at radius 1 is 0.742 bits per heavy atom. The first-order valence-corrected chi connectivity index (χ1v) is 11.6. The van der Waals surface area contributed by atoms with E-state index in [0.29, 0.717) is 6.54 Å². The molecule has 6 heteroatoms. The lowest BCUT2D eigenvalue weighted by Gasteiger charge is -2.22. The molecule has 0 aromatic heterocycles. The minimum Gasteiger partial charge on any atom is -0.351 e. The van der Waals surface area contributed by atoms with Crippen LogP contribution in [-0.2, 0) is 27.9 Å². The third-order valence-corrected chi connectivity index (χ3v) is 6.87. The van der Waals surface area contributed by atoms with Gasteiger partial charge in [0.15, 0.2) is 0 Å². The van der Waals surface area contributed by atoms with Crippen molar-refractivity contribution >= 4 is 15.9 Å². The second kappa shape index (κ2) is 9.90. The molecule has 0 aliphatic rings. The number of nitrogens with zero attached hydrogens (tertiary/aromatic N) is 1. The number of nitrogens with one attached hydrogen (secondary N) is 1. The topological polar surface area (TPSA) is 66.5 Å². The average molecular weight is 437 g/mol. The summed E-state index contributed by atoms with van der Waals surface area (Å²) in [4.78, 5) is 12.8. The van der Waals surface area contributed by atoms with Crippen LogP contribution in [0.1, 0.15) is 27.8 Å². The van der Waals surface area contributed by atoms with Crippen molar-refractivity contribution in [1.82, 2.24) is 9.62 Å². The van der Waals surface area contributed by atoms with Gasteiger partial charge in [-0.2, -0.15) is 4.31 Å². The van der Waals surface area contributed by atoms with E-state index in [4.69, 9.17) is 0 Å². The van der Waals surface area contributed by atoms with Gasteiger partial charge in [0.25, 0.3) is 0 Å². The molecule has 0 unspecified atom stereocenters. The molecule has 0 spiro atoms. The van der Waals surface area contributed by atoms with E-state index in [1.165, 1.54) is 4.31 Å². The minimum absolute atomic E-state index is 0.119. The lowest BCUT2D eigenvalue weighted by molar-refractivity contribution is -0.121. The minimum atomic E-state index is -3.84. The van der Waals surface area contributed by atoms with Crippen LogP contribution in [0.4, 0.5) is 0 Å². The molecule has 0 bridgehead atoms. The lowest BCUT2D eigenvalue weighted by atomic mass is 10.1. The van der Waals surface area contributed by atoms with Crippen LogP contribution in [0.2, 0.25) is 0 Å². The van der Waals surface area contributed by atoms with E-state index in [0.717, 1.165) is 27.8 Å². The number of aryl methyl sites for hydroxylation is 3. The molecule has 3 aromatic carbocycles. The van der Waals surface area contributed by atoms with Gasteiger partial charge in [-0.1, -0.05) is 77.4 Å². The summed E-state index contributed by atoms with van der Waals surface area (Å²) >= 11 is 0. The van der Waals surface area contributed by atoms with Gasteiger partial charge in [0.1, 0.15) is 0 Å². The first-order valence-electron chi connectivity index (χ1n) is 10.2. The lowest BCUT2D eigenvalue weighted by Crippen LogP contribution is -2.40. The molecule has 0 heterocycles. The Morgan fingerprint density at radius 2 is 1.19 bits per heavy atom. The fourth-order valence-corrected chi connectivity index (χ4v) is 4.49. The maximum absolute atomic E-state index is 13.3. The predicted octanol–water partition coefficient (Wildman–Crippen LogP) is 4.12. The molecule has 3 aromatic rings. The largest absolute Gasteiger partial charge is 0.351 e. The van der Waals surface area contributed by atoms with Gasteiger partial charge in [-0.3, -0.25) is 4.79 Å². The third kappa shape index (κ3) is 6.26. The van der Waals surface area contributed by atoms with Gasteiger partial charge in [0, 0.05) is 13.1 Å². The van der Waals surface area contributed by atoms with Crippen LogP contribution in [0.5, 0.6) is 0 Å². The number of hydrogen-bond donors (Lipinski definition) is 1. The summed E-state index contributed by atoms with van der Waals surface area (Å²) in [6.07, 6.45) is 0. The van der Waals surface area contributed by atoms with E-state index < -0.39 is 10.0 Å². The van der Waals surface area contributed by atoms with E-state index in [1.807, 2.05) is 69.3 Å². The van der Waals surface area contributed by atoms with Crippen molar-refractivity contribution in [2.24, 2.45) is 0 Å². The third-order valence-electron chi connectivity index (χ3n) is 5.07. The Hall–Kier alpha value is -2.96. The van der Waals surface area contributed by atoms with E-state index >= 15 is 0 Å². The highest BCUT2D eigenvalue weighted by molar-refractivity contribution is 7.89. The normalized spacial score (nSPS) is 11.5. The summed E-state index contributed by atoms with van der Waals surface area (Å²) in [5.41, 5.74) is 4.99. The zero-order valence-electron chi connectivity index (χ0n) is 18.1. The van der Waals surface area contributed by atoms with E-state index in [-0.39, 0.29) is 23.9 Å². The molecule has 0 fully saturated rings. The van der Waals surface area contributed by atoms with Crippen molar-refractivity contribution in [1.29, 1.82) is 0 Å². The number of carbonyl (C=O) groups is 1. The molecule has 1 N–H and O–H groups in total. The fourth-order valence-electron chi connectivity index (χ4n) is 3.10. The van der Waals surface area contributed by atoms with E-state index in [9.17, 15) is 13.2 Å². The van der Waals surface area contributed by atoms with Crippen molar-refractivity contribution in [3.63, 3.8) is 0 Å². The SMILES string of the molecule is Cc1ccc(CNC(=O)CN(Cc2ccc(C)cc2)S(=O)(=O)c2ccc(C)cc2)cc1. The Labute approximate surface area is 184 Å². The molecule has 3 rings (SSSR count). The molecule has 0 aliphatic heterocycles. The quantitative estimate of drug-likeness (QED) is 0.578. The number of amides is 1. The van der Waals surface area contributed by atoms with Crippen LogP contribution in [-0.4, -0.2) is 25.2 Å². The first-order chi connectivity index (χ1) is 14.7. The summed E-state index contributed by atoms with van der Waals surface area (Å²) in [7, 11) is -3.84. The van der Waals surface area contributed by atoms with Gasteiger partial charge in [0.2, 0.25) is 15.9 Å². The molecule has 0 aliphatic carbocycles. The zero-order chi connectivity index (χ0) is 22.4. The summed E-state index contributed by atoms with van der Waals surface area (Å²) in [5.74, 6) is -0.344. The molecule has 5 nitrogen and oxygen atoms in total. The van der Waals surface area contributed by atoms with Crippen molar-refractivity contribution in [2.75, 3.05) is 6.54 Å². The summed E-state index contributed by atoms with van der Waals surface area (Å²) in [6, 6.07) is 22.2. The summed E-state index contributed by atoms with van der Waals surface area (Å²) in [6.45, 7) is 6.09. The van der Waals surface area contributed by atoms with Gasteiger partial charge in [-0.05, 0) is 44.0 Å². The summed E-state index contributed by atoms with van der Waals surface area (Å²) < 4.78 is 27.8. The number of hydrogen-bond acceptors (Lipinski definition) is 3. The van der Waals surface area contributed by atoms with Gasteiger partial charge < -0.3 is 5.32 Å². The highest BCUT2D eigenvalue weighted by atomic mass is 32.2. The van der Waals surface area contributed by atoms with Crippen LogP contribution in [0.25, 0.3) is 0 Å². The fraction of sp³-hybridized carbons (Fsp3) is 0.240. The Balaban J connectivity index is 1.79. The van der Waals surface area contributed by atoms with Crippen LogP contribution in [0.3, 0.4) is 0 Å². The van der Waals surface area contributed by atoms with Crippen LogP contribution in [0.15, 0.2) is 77.7 Å². The molecule has 0 radical (unpaired) electrons. The maximum Gasteiger partial charge on any atom is 0.243 e. The smallest absolute Gasteiger partial charge is 0.243 e. The standard InChI is InChI=1S/C25H28N2O3S/c1-19-4-10-22(11-5-19)16-26-25(28)18-27(17-23-12-6-20(2)7-13-23)31(29,30)24-14-8-21(3)9-15-24/h4-15H,16-18H2,1-3H3,(H,26,28). The van der Waals surface area contributed by atoms with Crippen LogP contribution in [0, 0.1) is 20.8 Å². The molecule has 0 saturated heterocycles. The predicted molar refractivity (Wildman–Crippen MR) is 123 cm³/mol. The number of carbonyl (C=O) groups excluding carboxylic acids is 1. The highest BCUT2D eigenvalue weighted by Gasteiger charge is 2.26. The van der Waals surface area contributed by atoms with Crippen molar-refractivity contribution in [3.8, 4) is 0 Å². The average Bonchev–Trinajstić information content (AvgIpc) is 2.74. The second-order valence-electron chi connectivity index (χ2n) is 7.83. The molecular weight excluding hydrogens is 408 g/mol. The van der Waals surface area contributed by atoms with E-state index in [1.54, 1.807) is 24.3 Å². The Kier molecular flexibility index (Phi) is 7.25. The van der Waals surface area contributed by atoms with Gasteiger partial charge in [0.05, 0.1) is 11.4 Å². The van der Waals surface area contributed by atoms with E-state index in [2.05, 4.69) is 5.32 Å². The first kappa shape index (κ1) is 22.7. The van der Waals surface area contributed by atoms with Crippen LogP contribution >= 0.6 is 0 Å². The second-order valence-corrected chi connectivity index (χ2v) is 9.77. The Bertz CT molecular complexity index is 1120. The molecule has 31 heavy (non-hydrogen) atoms. The van der Waals surface area contributed by atoms with Gasteiger partial charge in [-0.25, -0.2) is 8.42 Å². The maximum atomic E-state index is 13.3. The highest BCUT2D eigenvalue weighted by Crippen LogP contribution is 2.19. The number of benzene rings is 3. The number of sulfonamides is 1. The molecule has 0 saturated carbocycles. The Morgan fingerprint density at radius 3 is 1.71 bits per heavy atom. The molecule has 0 atom stereocenters. The summed E-state index contributed by atoms with van der Waals surface area (Å²) in [5, 5.41) is 2.83. The number of rotatable bonds is 8. The van der Waals surface area contributed by atoms with Crippen molar-refractivity contribution < 1.29 is 13.2 Å².